The molecule has 0 aromatic heterocycles. The maximum Gasteiger partial charge on any atom is 0.244 e. The quantitative estimate of drug-likeness (QED) is 0.424. The van der Waals surface area contributed by atoms with Crippen LogP contribution in [0, 0.1) is 11.8 Å². The number of rotatable bonds is 10. The van der Waals surface area contributed by atoms with Crippen molar-refractivity contribution in [3.05, 3.63) is 24.3 Å². The lowest BCUT2D eigenvalue weighted by Gasteiger charge is -2.20. The molecule has 8 nitrogen and oxygen atoms in total. The van der Waals surface area contributed by atoms with Crippen LogP contribution in [0.2, 0.25) is 0 Å². The van der Waals surface area contributed by atoms with Gasteiger partial charge in [0.25, 0.3) is 0 Å². The van der Waals surface area contributed by atoms with Gasteiger partial charge in [-0.05, 0) is 36.6 Å². The molecular weight excluding hydrogens is 350 g/mol. The Labute approximate surface area is 159 Å². The number of nitrogens with zero attached hydrogens (tertiary/aromatic N) is 1. The number of ether oxygens (including phenoxy) is 1. The summed E-state index contributed by atoms with van der Waals surface area (Å²) in [6, 6.07) is 7.09. The molecule has 0 aliphatic carbocycles. The average Bonchev–Trinajstić information content (AvgIpc) is 2.66. The van der Waals surface area contributed by atoms with E-state index in [1.165, 1.54) is 4.90 Å². The van der Waals surface area contributed by atoms with E-state index in [1.54, 1.807) is 43.9 Å². The summed E-state index contributed by atoms with van der Waals surface area (Å²) in [7, 11) is 3.24. The molecular formula is C19H29N3O5. The van der Waals surface area contributed by atoms with E-state index < -0.39 is 11.8 Å². The van der Waals surface area contributed by atoms with Crippen molar-refractivity contribution >= 4 is 23.4 Å². The Balaban J connectivity index is 2.53. The number of hydrogen-bond donors (Lipinski definition) is 3. The molecule has 0 saturated carbocycles. The SMILES string of the molecule is COc1ccc(N(C)C(=O)CCNC(=O)[C@@H](CC(=O)NO)CC(C)C)cc1. The zero-order valence-corrected chi connectivity index (χ0v) is 16.3. The lowest BCUT2D eigenvalue weighted by atomic mass is 9.93. The highest BCUT2D eigenvalue weighted by Gasteiger charge is 2.23. The summed E-state index contributed by atoms with van der Waals surface area (Å²) in [5.41, 5.74) is 2.28. The molecule has 3 amide bonds. The molecule has 0 aliphatic rings. The van der Waals surface area contributed by atoms with Crippen molar-refractivity contribution in [1.29, 1.82) is 0 Å². The van der Waals surface area contributed by atoms with E-state index >= 15 is 0 Å². The third kappa shape index (κ3) is 7.65. The van der Waals surface area contributed by atoms with Gasteiger partial charge < -0.3 is 15.0 Å². The van der Waals surface area contributed by atoms with Crippen molar-refractivity contribution in [3.8, 4) is 5.75 Å². The fourth-order valence-corrected chi connectivity index (χ4v) is 2.68. The molecule has 150 valence electrons. The predicted octanol–water partition coefficient (Wildman–Crippen LogP) is 1.72. The summed E-state index contributed by atoms with van der Waals surface area (Å²) in [6.45, 7) is 4.07. The summed E-state index contributed by atoms with van der Waals surface area (Å²) < 4.78 is 5.09. The van der Waals surface area contributed by atoms with Gasteiger partial charge in [0.2, 0.25) is 17.7 Å². The summed E-state index contributed by atoms with van der Waals surface area (Å²) in [6.07, 6.45) is 0.550. The molecule has 0 radical (unpaired) electrons. The molecule has 0 fully saturated rings. The molecule has 0 bridgehead atoms. The minimum absolute atomic E-state index is 0.0970. The fourth-order valence-electron chi connectivity index (χ4n) is 2.68. The van der Waals surface area contributed by atoms with Crippen LogP contribution >= 0.6 is 0 Å². The van der Waals surface area contributed by atoms with Gasteiger partial charge in [-0.3, -0.25) is 19.6 Å². The number of nitrogens with one attached hydrogen (secondary N) is 2. The maximum absolute atomic E-state index is 12.3. The van der Waals surface area contributed by atoms with Crippen LogP contribution in [0.3, 0.4) is 0 Å². The van der Waals surface area contributed by atoms with Gasteiger partial charge in [-0.25, -0.2) is 5.48 Å². The number of methoxy groups -OCH3 is 1. The van der Waals surface area contributed by atoms with Gasteiger partial charge in [0.1, 0.15) is 5.75 Å². The molecule has 0 aliphatic heterocycles. The molecule has 1 atom stereocenters. The monoisotopic (exact) mass is 379 g/mol. The van der Waals surface area contributed by atoms with E-state index in [0.717, 1.165) is 5.69 Å². The van der Waals surface area contributed by atoms with Gasteiger partial charge in [-0.2, -0.15) is 0 Å². The van der Waals surface area contributed by atoms with E-state index in [-0.39, 0.29) is 37.1 Å². The first kappa shape index (κ1) is 22.4. The van der Waals surface area contributed by atoms with Gasteiger partial charge in [0.15, 0.2) is 0 Å². The Morgan fingerprint density at radius 2 is 1.81 bits per heavy atom. The Kier molecular flexibility index (Phi) is 9.29. The molecule has 1 aromatic carbocycles. The molecule has 8 heteroatoms. The minimum Gasteiger partial charge on any atom is -0.497 e. The maximum atomic E-state index is 12.3. The summed E-state index contributed by atoms with van der Waals surface area (Å²) >= 11 is 0. The molecule has 0 heterocycles. The molecule has 0 spiro atoms. The lowest BCUT2D eigenvalue weighted by molar-refractivity contribution is -0.135. The minimum atomic E-state index is -0.605. The van der Waals surface area contributed by atoms with Crippen molar-refractivity contribution in [2.45, 2.75) is 33.1 Å². The first-order valence-corrected chi connectivity index (χ1v) is 8.89. The Bertz CT molecular complexity index is 631. The van der Waals surface area contributed by atoms with Crippen LogP contribution < -0.4 is 20.4 Å². The average molecular weight is 379 g/mol. The molecule has 3 N–H and O–H groups in total. The van der Waals surface area contributed by atoms with Crippen LogP contribution in [-0.2, 0) is 14.4 Å². The van der Waals surface area contributed by atoms with Crippen LogP contribution in [0.1, 0.15) is 33.1 Å². The molecule has 27 heavy (non-hydrogen) atoms. The number of anilines is 1. The third-order valence-corrected chi connectivity index (χ3v) is 4.16. The molecule has 1 aromatic rings. The predicted molar refractivity (Wildman–Crippen MR) is 102 cm³/mol. The fraction of sp³-hybridized carbons (Fsp3) is 0.526. The van der Waals surface area contributed by atoms with Gasteiger partial charge in [-0.1, -0.05) is 13.8 Å². The third-order valence-electron chi connectivity index (χ3n) is 4.16. The van der Waals surface area contributed by atoms with Gasteiger partial charge in [0.05, 0.1) is 7.11 Å². The largest absolute Gasteiger partial charge is 0.497 e. The van der Waals surface area contributed by atoms with Gasteiger partial charge in [0, 0.05) is 38.0 Å². The number of carbonyl (C=O) groups excluding carboxylic acids is 3. The second kappa shape index (κ2) is 11.2. The van der Waals surface area contributed by atoms with Crippen LogP contribution in [0.4, 0.5) is 5.69 Å². The van der Waals surface area contributed by atoms with Crippen molar-refractivity contribution in [2.75, 3.05) is 25.6 Å². The van der Waals surface area contributed by atoms with Crippen LogP contribution in [0.15, 0.2) is 24.3 Å². The Morgan fingerprint density at radius 3 is 2.33 bits per heavy atom. The van der Waals surface area contributed by atoms with Gasteiger partial charge >= 0.3 is 0 Å². The number of carbonyl (C=O) groups is 3. The topological polar surface area (TPSA) is 108 Å². The van der Waals surface area contributed by atoms with Crippen LogP contribution in [0.25, 0.3) is 0 Å². The highest BCUT2D eigenvalue weighted by molar-refractivity contribution is 5.93. The highest BCUT2D eigenvalue weighted by Crippen LogP contribution is 2.19. The van der Waals surface area contributed by atoms with E-state index in [9.17, 15) is 14.4 Å². The molecule has 0 saturated heterocycles. The zero-order valence-electron chi connectivity index (χ0n) is 16.3. The van der Waals surface area contributed by atoms with Crippen molar-refractivity contribution < 1.29 is 24.3 Å². The second-order valence-electron chi connectivity index (χ2n) is 6.76. The van der Waals surface area contributed by atoms with E-state index in [4.69, 9.17) is 9.94 Å². The number of hydroxylamine groups is 1. The molecule has 0 unspecified atom stereocenters. The summed E-state index contributed by atoms with van der Waals surface area (Å²) in [5.74, 6) is -0.677. The normalized spacial score (nSPS) is 11.6. The summed E-state index contributed by atoms with van der Waals surface area (Å²) in [4.78, 5) is 37.5. The van der Waals surface area contributed by atoms with Crippen molar-refractivity contribution in [3.63, 3.8) is 0 Å². The smallest absolute Gasteiger partial charge is 0.244 e. The van der Waals surface area contributed by atoms with Crippen LogP contribution in [0.5, 0.6) is 5.75 Å². The lowest BCUT2D eigenvalue weighted by Crippen LogP contribution is -2.37. The van der Waals surface area contributed by atoms with Crippen molar-refractivity contribution in [1.82, 2.24) is 10.8 Å². The van der Waals surface area contributed by atoms with Gasteiger partial charge in [-0.15, -0.1) is 0 Å². The standard InChI is InChI=1S/C19H29N3O5/c1-13(2)11-14(12-17(23)21-26)19(25)20-10-9-18(24)22(3)15-5-7-16(27-4)8-6-15/h5-8,13-14,26H,9-12H2,1-4H3,(H,20,25)(H,21,23)/t14-/m1/s1. The van der Waals surface area contributed by atoms with Crippen LogP contribution in [-0.4, -0.2) is 43.6 Å². The molecule has 1 rings (SSSR count). The number of hydrogen-bond acceptors (Lipinski definition) is 5. The first-order chi connectivity index (χ1) is 12.8. The highest BCUT2D eigenvalue weighted by atomic mass is 16.5. The Hall–Kier alpha value is -2.61. The van der Waals surface area contributed by atoms with E-state index in [1.807, 2.05) is 13.8 Å². The van der Waals surface area contributed by atoms with Crippen molar-refractivity contribution in [2.24, 2.45) is 11.8 Å². The van der Waals surface area contributed by atoms with E-state index in [0.29, 0.717) is 12.2 Å². The number of benzene rings is 1. The second-order valence-corrected chi connectivity index (χ2v) is 6.76. The number of amides is 3. The first-order valence-electron chi connectivity index (χ1n) is 8.89. The summed E-state index contributed by atoms with van der Waals surface area (Å²) in [5, 5.41) is 11.4. The Morgan fingerprint density at radius 1 is 1.19 bits per heavy atom. The zero-order chi connectivity index (χ0) is 20.4. The van der Waals surface area contributed by atoms with E-state index in [2.05, 4.69) is 5.32 Å².